The second-order valence-electron chi connectivity index (χ2n) is 6.86. The maximum absolute atomic E-state index is 14.1. The smallest absolute Gasteiger partial charge is 0.313 e. The van der Waals surface area contributed by atoms with Gasteiger partial charge in [0, 0.05) is 23.3 Å². The van der Waals surface area contributed by atoms with E-state index in [-0.39, 0.29) is 11.7 Å². The van der Waals surface area contributed by atoms with Crippen molar-refractivity contribution in [3.05, 3.63) is 95.6 Å². The molecule has 0 saturated carbocycles. The summed E-state index contributed by atoms with van der Waals surface area (Å²) in [5.41, 5.74) is 2.04. The van der Waals surface area contributed by atoms with Crippen molar-refractivity contribution in [1.82, 2.24) is 4.90 Å². The van der Waals surface area contributed by atoms with E-state index in [9.17, 15) is 13.6 Å². The minimum atomic E-state index is -0.794. The van der Waals surface area contributed by atoms with E-state index in [1.807, 2.05) is 48.5 Å². The highest BCUT2D eigenvalue weighted by molar-refractivity contribution is 7.99. The zero-order valence-corrected chi connectivity index (χ0v) is 16.5. The number of nitrogens with zero attached hydrogens (tertiary/aromatic N) is 1. The number of fused-ring (bicyclic) bond motifs is 1. The Morgan fingerprint density at radius 2 is 1.79 bits per heavy atom. The number of thioether (sulfide) groups is 1. The maximum Gasteiger partial charge on any atom is 0.322 e. The van der Waals surface area contributed by atoms with E-state index in [4.69, 9.17) is 0 Å². The Morgan fingerprint density at radius 3 is 2.59 bits per heavy atom. The van der Waals surface area contributed by atoms with Crippen LogP contribution in [0.25, 0.3) is 0 Å². The second kappa shape index (κ2) is 8.66. The number of anilines is 1. The molecular weight excluding hydrogens is 390 g/mol. The van der Waals surface area contributed by atoms with Crippen LogP contribution in [0.3, 0.4) is 0 Å². The van der Waals surface area contributed by atoms with Crippen LogP contribution in [0.4, 0.5) is 19.3 Å². The van der Waals surface area contributed by atoms with Crippen LogP contribution in [0.1, 0.15) is 23.6 Å². The number of nitrogens with one attached hydrogen (secondary N) is 1. The molecule has 3 aromatic rings. The molecule has 3 aromatic carbocycles. The predicted octanol–water partition coefficient (Wildman–Crippen LogP) is 6.24. The summed E-state index contributed by atoms with van der Waals surface area (Å²) in [7, 11) is 0. The first-order valence-corrected chi connectivity index (χ1v) is 10.4. The third kappa shape index (κ3) is 4.43. The SMILES string of the molecule is O=C(Nc1ccc(F)cc1F)N(Cc1ccccc1)C1CCSc2ccccc21. The lowest BCUT2D eigenvalue weighted by Gasteiger charge is -2.35. The van der Waals surface area contributed by atoms with Crippen molar-refractivity contribution in [3.8, 4) is 0 Å². The minimum absolute atomic E-state index is 0.0343. The Morgan fingerprint density at radius 1 is 1.03 bits per heavy atom. The number of hydrogen-bond donors (Lipinski definition) is 1. The summed E-state index contributed by atoms with van der Waals surface area (Å²) < 4.78 is 27.3. The molecule has 1 unspecified atom stereocenters. The number of carbonyl (C=O) groups excluding carboxylic acids is 1. The van der Waals surface area contributed by atoms with Gasteiger partial charge in [-0.05, 0) is 35.7 Å². The predicted molar refractivity (Wildman–Crippen MR) is 112 cm³/mol. The molecular formula is C23H20F2N2OS. The van der Waals surface area contributed by atoms with Crippen LogP contribution < -0.4 is 5.32 Å². The van der Waals surface area contributed by atoms with Crippen molar-refractivity contribution in [2.45, 2.75) is 23.9 Å². The van der Waals surface area contributed by atoms with E-state index in [0.29, 0.717) is 6.54 Å². The number of halogens is 2. The zero-order valence-electron chi connectivity index (χ0n) is 15.6. The normalized spacial score (nSPS) is 15.4. The van der Waals surface area contributed by atoms with E-state index in [1.54, 1.807) is 16.7 Å². The van der Waals surface area contributed by atoms with Crippen molar-refractivity contribution >= 4 is 23.5 Å². The molecule has 29 heavy (non-hydrogen) atoms. The standard InChI is InChI=1S/C23H20F2N2OS/c24-17-10-11-20(19(25)14-17)26-23(28)27(15-16-6-2-1-3-7-16)21-12-13-29-22-9-5-4-8-18(21)22/h1-11,14,21H,12-13,15H2,(H,26,28). The minimum Gasteiger partial charge on any atom is -0.313 e. The molecule has 0 fully saturated rings. The second-order valence-corrected chi connectivity index (χ2v) is 8.00. The molecule has 0 radical (unpaired) electrons. The first kappa shape index (κ1) is 19.5. The molecule has 0 aliphatic carbocycles. The largest absolute Gasteiger partial charge is 0.322 e. The number of carbonyl (C=O) groups is 1. The van der Waals surface area contributed by atoms with E-state index >= 15 is 0 Å². The Labute approximate surface area is 172 Å². The molecule has 1 heterocycles. The fourth-order valence-corrected chi connectivity index (χ4v) is 4.64. The van der Waals surface area contributed by atoms with Gasteiger partial charge in [-0.25, -0.2) is 13.6 Å². The molecule has 0 saturated heterocycles. The lowest BCUT2D eigenvalue weighted by Crippen LogP contribution is -2.39. The van der Waals surface area contributed by atoms with Gasteiger partial charge in [-0.3, -0.25) is 0 Å². The van der Waals surface area contributed by atoms with Gasteiger partial charge >= 0.3 is 6.03 Å². The number of benzene rings is 3. The lowest BCUT2D eigenvalue weighted by molar-refractivity contribution is 0.180. The molecule has 1 N–H and O–H groups in total. The third-order valence-electron chi connectivity index (χ3n) is 4.93. The van der Waals surface area contributed by atoms with Crippen molar-refractivity contribution in [3.63, 3.8) is 0 Å². The van der Waals surface area contributed by atoms with E-state index in [1.165, 1.54) is 6.07 Å². The number of urea groups is 1. The first-order chi connectivity index (χ1) is 14.1. The Kier molecular flexibility index (Phi) is 5.81. The molecule has 3 nitrogen and oxygen atoms in total. The van der Waals surface area contributed by atoms with Crippen molar-refractivity contribution < 1.29 is 13.6 Å². The Balaban J connectivity index is 1.66. The van der Waals surface area contributed by atoms with Gasteiger partial charge in [0.15, 0.2) is 0 Å². The van der Waals surface area contributed by atoms with Crippen LogP contribution in [-0.4, -0.2) is 16.7 Å². The summed E-state index contributed by atoms with van der Waals surface area (Å²) in [6.07, 6.45) is 0.799. The van der Waals surface area contributed by atoms with Crippen LogP contribution in [0.15, 0.2) is 77.7 Å². The molecule has 0 bridgehead atoms. The monoisotopic (exact) mass is 410 g/mol. The van der Waals surface area contributed by atoms with E-state index in [0.717, 1.165) is 40.3 Å². The van der Waals surface area contributed by atoms with Gasteiger partial charge in [0.05, 0.1) is 11.7 Å². The number of hydrogen-bond acceptors (Lipinski definition) is 2. The molecule has 1 atom stereocenters. The maximum atomic E-state index is 14.1. The first-order valence-electron chi connectivity index (χ1n) is 9.40. The van der Waals surface area contributed by atoms with Gasteiger partial charge in [0.1, 0.15) is 11.6 Å². The molecule has 2 amide bonds. The quantitative estimate of drug-likeness (QED) is 0.552. The molecule has 4 rings (SSSR count). The van der Waals surface area contributed by atoms with Crippen LogP contribution >= 0.6 is 11.8 Å². The average Bonchev–Trinajstić information content (AvgIpc) is 2.74. The third-order valence-corrected chi connectivity index (χ3v) is 6.06. The summed E-state index contributed by atoms with van der Waals surface area (Å²) in [4.78, 5) is 16.1. The van der Waals surface area contributed by atoms with Crippen molar-refractivity contribution in [2.75, 3.05) is 11.1 Å². The molecule has 0 spiro atoms. The molecule has 1 aliphatic rings. The summed E-state index contributed by atoms with van der Waals surface area (Å²) in [6, 6.07) is 20.4. The molecule has 0 aromatic heterocycles. The fraction of sp³-hybridized carbons (Fsp3) is 0.174. The zero-order chi connectivity index (χ0) is 20.2. The van der Waals surface area contributed by atoms with Gasteiger partial charge in [0.25, 0.3) is 0 Å². The molecule has 6 heteroatoms. The number of rotatable bonds is 4. The topological polar surface area (TPSA) is 32.3 Å². The number of amides is 2. The van der Waals surface area contributed by atoms with E-state index < -0.39 is 17.7 Å². The van der Waals surface area contributed by atoms with Gasteiger partial charge in [0.2, 0.25) is 0 Å². The Hall–Kier alpha value is -2.86. The highest BCUT2D eigenvalue weighted by Gasteiger charge is 2.30. The van der Waals surface area contributed by atoms with Crippen molar-refractivity contribution in [1.29, 1.82) is 0 Å². The average molecular weight is 410 g/mol. The fourth-order valence-electron chi connectivity index (χ4n) is 3.53. The highest BCUT2D eigenvalue weighted by atomic mass is 32.2. The summed E-state index contributed by atoms with van der Waals surface area (Å²) in [5.74, 6) is -0.581. The van der Waals surface area contributed by atoms with Gasteiger partial charge in [-0.2, -0.15) is 0 Å². The summed E-state index contributed by atoms with van der Waals surface area (Å²) >= 11 is 1.78. The highest BCUT2D eigenvalue weighted by Crippen LogP contribution is 2.40. The van der Waals surface area contributed by atoms with Gasteiger partial charge < -0.3 is 10.2 Å². The van der Waals surface area contributed by atoms with Crippen LogP contribution in [0, 0.1) is 11.6 Å². The van der Waals surface area contributed by atoms with Gasteiger partial charge in [-0.1, -0.05) is 48.5 Å². The molecule has 148 valence electrons. The summed E-state index contributed by atoms with van der Waals surface area (Å²) in [6.45, 7) is 0.388. The Bertz CT molecular complexity index is 1010. The van der Waals surface area contributed by atoms with Gasteiger partial charge in [-0.15, -0.1) is 11.8 Å². The lowest BCUT2D eigenvalue weighted by atomic mass is 10.0. The van der Waals surface area contributed by atoms with E-state index in [2.05, 4.69) is 11.4 Å². The van der Waals surface area contributed by atoms with Crippen molar-refractivity contribution in [2.24, 2.45) is 0 Å². The van der Waals surface area contributed by atoms with Crippen LogP contribution in [0.5, 0.6) is 0 Å². The molecule has 1 aliphatic heterocycles. The summed E-state index contributed by atoms with van der Waals surface area (Å²) in [5, 5.41) is 2.62. The van der Waals surface area contributed by atoms with Crippen LogP contribution in [0.2, 0.25) is 0 Å². The van der Waals surface area contributed by atoms with Crippen LogP contribution in [-0.2, 0) is 6.54 Å².